The molecule has 0 aliphatic heterocycles. The molecule has 0 bridgehead atoms. The summed E-state index contributed by atoms with van der Waals surface area (Å²) < 4.78 is 0. The molecule has 0 saturated carbocycles. The van der Waals surface area contributed by atoms with Crippen LogP contribution in [0.5, 0.6) is 0 Å². The quantitative estimate of drug-likeness (QED) is 0.751. The predicted octanol–water partition coefficient (Wildman–Crippen LogP) is 4.34. The standard InChI is InChI=1S/C17H19N/c1-11-8-9-15(10-13(11)3)17(18)16-7-5-6-12(2)14(16)4/h5-10,18H,1-4H3. The molecule has 0 fully saturated rings. The van der Waals surface area contributed by atoms with Gasteiger partial charge in [-0.25, -0.2) is 0 Å². The number of rotatable bonds is 2. The Labute approximate surface area is 109 Å². The molecule has 0 unspecified atom stereocenters. The van der Waals surface area contributed by atoms with E-state index in [1.807, 2.05) is 18.2 Å². The van der Waals surface area contributed by atoms with Crippen LogP contribution in [0.4, 0.5) is 0 Å². The Morgan fingerprint density at radius 3 is 2.22 bits per heavy atom. The van der Waals surface area contributed by atoms with Crippen molar-refractivity contribution in [1.29, 1.82) is 5.41 Å². The Bertz CT molecular complexity index is 609. The molecule has 0 aromatic heterocycles. The Balaban J connectivity index is 2.48. The van der Waals surface area contributed by atoms with Crippen LogP contribution in [0.2, 0.25) is 0 Å². The molecule has 1 heteroatoms. The molecule has 2 aromatic carbocycles. The number of hydrogen-bond donors (Lipinski definition) is 1. The van der Waals surface area contributed by atoms with Crippen molar-refractivity contribution in [3.8, 4) is 0 Å². The molecule has 0 atom stereocenters. The molecule has 0 aliphatic carbocycles. The van der Waals surface area contributed by atoms with E-state index in [1.54, 1.807) is 0 Å². The average Bonchev–Trinajstić information content (AvgIpc) is 2.35. The van der Waals surface area contributed by atoms with Crippen molar-refractivity contribution >= 4 is 5.71 Å². The van der Waals surface area contributed by atoms with Crippen molar-refractivity contribution in [1.82, 2.24) is 0 Å². The van der Waals surface area contributed by atoms with E-state index in [2.05, 4.69) is 45.9 Å². The molecule has 0 amide bonds. The molecule has 0 saturated heterocycles. The fourth-order valence-corrected chi connectivity index (χ4v) is 2.07. The van der Waals surface area contributed by atoms with E-state index in [4.69, 9.17) is 5.41 Å². The fourth-order valence-electron chi connectivity index (χ4n) is 2.07. The summed E-state index contributed by atoms with van der Waals surface area (Å²) in [4.78, 5) is 0. The summed E-state index contributed by atoms with van der Waals surface area (Å²) >= 11 is 0. The Morgan fingerprint density at radius 1 is 0.833 bits per heavy atom. The van der Waals surface area contributed by atoms with E-state index in [1.165, 1.54) is 22.3 Å². The monoisotopic (exact) mass is 237 g/mol. The second kappa shape index (κ2) is 4.77. The lowest BCUT2D eigenvalue weighted by Crippen LogP contribution is -2.05. The smallest absolute Gasteiger partial charge is 0.0687 e. The highest BCUT2D eigenvalue weighted by Crippen LogP contribution is 2.18. The molecule has 1 N–H and O–H groups in total. The van der Waals surface area contributed by atoms with Crippen LogP contribution in [0, 0.1) is 33.1 Å². The van der Waals surface area contributed by atoms with E-state index < -0.39 is 0 Å². The van der Waals surface area contributed by atoms with Crippen molar-refractivity contribution in [3.63, 3.8) is 0 Å². The lowest BCUT2D eigenvalue weighted by molar-refractivity contribution is 1.29. The van der Waals surface area contributed by atoms with Crippen LogP contribution in [-0.2, 0) is 0 Å². The number of nitrogens with one attached hydrogen (secondary N) is 1. The van der Waals surface area contributed by atoms with Gasteiger partial charge in [0.15, 0.2) is 0 Å². The Hall–Kier alpha value is -1.89. The van der Waals surface area contributed by atoms with Crippen LogP contribution >= 0.6 is 0 Å². The molecular formula is C17H19N. The minimum Gasteiger partial charge on any atom is -0.300 e. The van der Waals surface area contributed by atoms with Gasteiger partial charge in [0.1, 0.15) is 0 Å². The molecule has 0 radical (unpaired) electrons. The summed E-state index contributed by atoms with van der Waals surface area (Å²) in [6.45, 7) is 8.36. The highest BCUT2D eigenvalue weighted by molar-refractivity contribution is 6.11. The minimum atomic E-state index is 0.610. The van der Waals surface area contributed by atoms with Gasteiger partial charge >= 0.3 is 0 Å². The highest BCUT2D eigenvalue weighted by atomic mass is 14.4. The van der Waals surface area contributed by atoms with Crippen LogP contribution < -0.4 is 0 Å². The molecule has 18 heavy (non-hydrogen) atoms. The number of hydrogen-bond acceptors (Lipinski definition) is 1. The molecule has 0 heterocycles. The summed E-state index contributed by atoms with van der Waals surface area (Å²) in [7, 11) is 0. The SMILES string of the molecule is Cc1ccc(C(=N)c2cccc(C)c2C)cc1C. The van der Waals surface area contributed by atoms with Crippen LogP contribution in [0.15, 0.2) is 36.4 Å². The van der Waals surface area contributed by atoms with Crippen molar-refractivity contribution in [2.45, 2.75) is 27.7 Å². The number of benzene rings is 2. The summed E-state index contributed by atoms with van der Waals surface area (Å²) in [6.07, 6.45) is 0. The van der Waals surface area contributed by atoms with E-state index in [-0.39, 0.29) is 0 Å². The zero-order valence-electron chi connectivity index (χ0n) is 11.5. The maximum absolute atomic E-state index is 8.38. The lowest BCUT2D eigenvalue weighted by Gasteiger charge is -2.11. The molecule has 92 valence electrons. The van der Waals surface area contributed by atoms with E-state index in [9.17, 15) is 0 Å². The number of aryl methyl sites for hydroxylation is 3. The van der Waals surface area contributed by atoms with Crippen molar-refractivity contribution in [2.24, 2.45) is 0 Å². The minimum absolute atomic E-state index is 0.610. The van der Waals surface area contributed by atoms with Gasteiger partial charge in [0.25, 0.3) is 0 Å². The van der Waals surface area contributed by atoms with Gasteiger partial charge in [0.05, 0.1) is 5.71 Å². The fraction of sp³-hybridized carbons (Fsp3) is 0.235. The summed E-state index contributed by atoms with van der Waals surface area (Å²) in [6, 6.07) is 12.4. The van der Waals surface area contributed by atoms with Gasteiger partial charge in [-0.3, -0.25) is 5.41 Å². The second-order valence-corrected chi connectivity index (χ2v) is 4.92. The van der Waals surface area contributed by atoms with Gasteiger partial charge in [-0.1, -0.05) is 30.3 Å². The summed E-state index contributed by atoms with van der Waals surface area (Å²) in [5, 5.41) is 8.38. The third-order valence-electron chi connectivity index (χ3n) is 3.67. The van der Waals surface area contributed by atoms with E-state index in [0.717, 1.165) is 11.1 Å². The third kappa shape index (κ3) is 2.21. The topological polar surface area (TPSA) is 23.9 Å². The van der Waals surface area contributed by atoms with Gasteiger partial charge < -0.3 is 0 Å². The second-order valence-electron chi connectivity index (χ2n) is 4.92. The predicted molar refractivity (Wildman–Crippen MR) is 77.8 cm³/mol. The van der Waals surface area contributed by atoms with Crippen molar-refractivity contribution in [2.75, 3.05) is 0 Å². The van der Waals surface area contributed by atoms with E-state index >= 15 is 0 Å². The summed E-state index contributed by atoms with van der Waals surface area (Å²) in [5.74, 6) is 0. The molecule has 1 nitrogen and oxygen atoms in total. The van der Waals surface area contributed by atoms with Crippen LogP contribution in [0.3, 0.4) is 0 Å². The normalized spacial score (nSPS) is 10.4. The Kier molecular flexibility index (Phi) is 3.33. The largest absolute Gasteiger partial charge is 0.300 e. The molecule has 2 rings (SSSR count). The molecular weight excluding hydrogens is 218 g/mol. The zero-order valence-corrected chi connectivity index (χ0v) is 11.5. The average molecular weight is 237 g/mol. The van der Waals surface area contributed by atoms with Crippen molar-refractivity contribution < 1.29 is 0 Å². The van der Waals surface area contributed by atoms with Crippen LogP contribution in [0.25, 0.3) is 0 Å². The van der Waals surface area contributed by atoms with E-state index in [0.29, 0.717) is 5.71 Å². The molecule has 2 aromatic rings. The van der Waals surface area contributed by atoms with Gasteiger partial charge in [0, 0.05) is 11.1 Å². The first-order valence-corrected chi connectivity index (χ1v) is 6.23. The maximum atomic E-state index is 8.38. The Morgan fingerprint density at radius 2 is 1.56 bits per heavy atom. The molecule has 0 spiro atoms. The first kappa shape index (κ1) is 12.6. The third-order valence-corrected chi connectivity index (χ3v) is 3.67. The lowest BCUT2D eigenvalue weighted by atomic mass is 9.94. The van der Waals surface area contributed by atoms with Gasteiger partial charge in [-0.2, -0.15) is 0 Å². The first-order valence-electron chi connectivity index (χ1n) is 6.23. The van der Waals surface area contributed by atoms with Gasteiger partial charge in [-0.15, -0.1) is 0 Å². The van der Waals surface area contributed by atoms with Gasteiger partial charge in [0.2, 0.25) is 0 Å². The summed E-state index contributed by atoms with van der Waals surface area (Å²) in [5.41, 5.74) is 7.57. The van der Waals surface area contributed by atoms with Crippen molar-refractivity contribution in [3.05, 3.63) is 69.8 Å². The van der Waals surface area contributed by atoms with Gasteiger partial charge in [-0.05, 0) is 56.0 Å². The first-order chi connectivity index (χ1) is 8.50. The maximum Gasteiger partial charge on any atom is 0.0687 e. The molecule has 0 aliphatic rings. The van der Waals surface area contributed by atoms with Crippen LogP contribution in [-0.4, -0.2) is 5.71 Å². The van der Waals surface area contributed by atoms with Crippen LogP contribution in [0.1, 0.15) is 33.4 Å². The zero-order chi connectivity index (χ0) is 13.3. The highest BCUT2D eigenvalue weighted by Gasteiger charge is 2.09.